The largest absolute Gasteiger partial charge is 0.395 e. The number of aromatic nitrogens is 2. The number of carbonyl (C=O) groups excluding carboxylic acids is 2. The maximum Gasteiger partial charge on any atom is 0.257 e. The summed E-state index contributed by atoms with van der Waals surface area (Å²) in [5, 5.41) is 33.9. The predicted octanol–water partition coefficient (Wildman–Crippen LogP) is 2.99. The number of aliphatic hydroxyl groups is 2. The van der Waals surface area contributed by atoms with Crippen molar-refractivity contribution in [3.05, 3.63) is 53.6 Å². The van der Waals surface area contributed by atoms with Gasteiger partial charge in [0.1, 0.15) is 6.23 Å². The number of nitriles is 1. The van der Waals surface area contributed by atoms with Gasteiger partial charge >= 0.3 is 0 Å². The van der Waals surface area contributed by atoms with Crippen LogP contribution in [0.1, 0.15) is 54.4 Å². The number of imidazole rings is 1. The maximum atomic E-state index is 13.0. The standard InChI is InChI=1S/C28H34N6O4/c1-33(26(37)16-19-4-2-3-5-19)22-10-11-24-23(17-22)31-28(34(24)14-12-25(36)30-13-15-35)32-27(38)21-8-6-20(18-29)7-9-21/h6-11,17,19,25,30,35-36H,2-5,12-16H2,1H3,(H,31,32,38). The number of aliphatic hydroxyl groups excluding tert-OH is 2. The zero-order chi connectivity index (χ0) is 27.1. The summed E-state index contributed by atoms with van der Waals surface area (Å²) < 4.78 is 1.81. The Kier molecular flexibility index (Phi) is 9.07. The molecule has 0 aliphatic heterocycles. The number of carbonyl (C=O) groups is 2. The normalized spacial score (nSPS) is 14.4. The molecule has 200 valence electrons. The molecule has 1 atom stereocenters. The molecule has 3 aromatic rings. The number of rotatable bonds is 11. The molecule has 1 aliphatic rings. The van der Waals surface area contributed by atoms with Crippen molar-refractivity contribution in [3.63, 3.8) is 0 Å². The molecule has 1 aliphatic carbocycles. The summed E-state index contributed by atoms with van der Waals surface area (Å²) in [5.41, 5.74) is 2.91. The third kappa shape index (κ3) is 6.55. The number of anilines is 2. The van der Waals surface area contributed by atoms with Crippen LogP contribution in [0.2, 0.25) is 0 Å². The van der Waals surface area contributed by atoms with Gasteiger partial charge in [0.05, 0.1) is 29.3 Å². The first kappa shape index (κ1) is 27.3. The summed E-state index contributed by atoms with van der Waals surface area (Å²) in [5.74, 6) is 0.445. The second kappa shape index (κ2) is 12.6. The van der Waals surface area contributed by atoms with Crippen molar-refractivity contribution in [3.8, 4) is 6.07 Å². The van der Waals surface area contributed by atoms with E-state index in [1.54, 1.807) is 36.2 Å². The first-order valence-electron chi connectivity index (χ1n) is 13.0. The van der Waals surface area contributed by atoms with Gasteiger partial charge in [0, 0.05) is 44.2 Å². The van der Waals surface area contributed by atoms with Crippen molar-refractivity contribution in [2.24, 2.45) is 5.92 Å². The van der Waals surface area contributed by atoms with Gasteiger partial charge in [0.2, 0.25) is 11.9 Å². The Balaban J connectivity index is 1.58. The highest BCUT2D eigenvalue weighted by atomic mass is 16.3. The molecular weight excluding hydrogens is 484 g/mol. The van der Waals surface area contributed by atoms with Gasteiger partial charge in [-0.25, -0.2) is 4.98 Å². The van der Waals surface area contributed by atoms with Crippen LogP contribution in [0.5, 0.6) is 0 Å². The molecule has 1 saturated carbocycles. The Morgan fingerprint density at radius 2 is 1.95 bits per heavy atom. The van der Waals surface area contributed by atoms with Crippen molar-refractivity contribution in [1.29, 1.82) is 5.26 Å². The molecule has 4 rings (SSSR count). The van der Waals surface area contributed by atoms with E-state index in [2.05, 4.69) is 15.6 Å². The van der Waals surface area contributed by atoms with Gasteiger partial charge in [0.15, 0.2) is 0 Å². The van der Waals surface area contributed by atoms with E-state index in [0.717, 1.165) is 24.0 Å². The van der Waals surface area contributed by atoms with Crippen LogP contribution in [0.15, 0.2) is 42.5 Å². The quantitative estimate of drug-likeness (QED) is 0.286. The Morgan fingerprint density at radius 3 is 2.63 bits per heavy atom. The van der Waals surface area contributed by atoms with Crippen LogP contribution in [0.3, 0.4) is 0 Å². The fourth-order valence-corrected chi connectivity index (χ4v) is 4.85. The van der Waals surface area contributed by atoms with Gasteiger partial charge in [-0.05, 0) is 61.2 Å². The molecule has 38 heavy (non-hydrogen) atoms. The van der Waals surface area contributed by atoms with E-state index in [1.807, 2.05) is 28.8 Å². The predicted molar refractivity (Wildman–Crippen MR) is 145 cm³/mol. The molecule has 2 amide bonds. The average molecular weight is 519 g/mol. The van der Waals surface area contributed by atoms with Gasteiger partial charge in [0.25, 0.3) is 5.91 Å². The highest BCUT2D eigenvalue weighted by Crippen LogP contribution is 2.30. The number of nitrogens with one attached hydrogen (secondary N) is 2. The Labute approximate surface area is 221 Å². The molecule has 2 aromatic carbocycles. The molecule has 10 nitrogen and oxygen atoms in total. The SMILES string of the molecule is CN(C(=O)CC1CCCC1)c1ccc2c(c1)nc(NC(=O)c1ccc(C#N)cc1)n2CCC(O)NCCO. The molecule has 1 unspecified atom stereocenters. The molecule has 1 aromatic heterocycles. The lowest BCUT2D eigenvalue weighted by atomic mass is 10.0. The summed E-state index contributed by atoms with van der Waals surface area (Å²) >= 11 is 0. The lowest BCUT2D eigenvalue weighted by molar-refractivity contribution is -0.119. The third-order valence-corrected chi connectivity index (χ3v) is 7.05. The van der Waals surface area contributed by atoms with E-state index in [-0.39, 0.29) is 25.0 Å². The Morgan fingerprint density at radius 1 is 1.21 bits per heavy atom. The number of hydrogen-bond acceptors (Lipinski definition) is 7. The molecule has 0 radical (unpaired) electrons. The second-order valence-corrected chi connectivity index (χ2v) is 9.69. The van der Waals surface area contributed by atoms with Crippen molar-refractivity contribution in [2.75, 3.05) is 30.4 Å². The first-order valence-corrected chi connectivity index (χ1v) is 13.0. The number of fused-ring (bicyclic) bond motifs is 1. The van der Waals surface area contributed by atoms with E-state index in [9.17, 15) is 14.7 Å². The lowest BCUT2D eigenvalue weighted by Crippen LogP contribution is -2.32. The fraction of sp³-hybridized carbons (Fsp3) is 0.429. The van der Waals surface area contributed by atoms with E-state index >= 15 is 0 Å². The summed E-state index contributed by atoms with van der Waals surface area (Å²) in [6.45, 7) is 0.514. The molecule has 4 N–H and O–H groups in total. The Hall–Kier alpha value is -3.78. The van der Waals surface area contributed by atoms with E-state index < -0.39 is 6.23 Å². The number of hydrogen-bond donors (Lipinski definition) is 4. The van der Waals surface area contributed by atoms with Crippen molar-refractivity contribution < 1.29 is 19.8 Å². The second-order valence-electron chi connectivity index (χ2n) is 9.69. The summed E-state index contributed by atoms with van der Waals surface area (Å²) in [6, 6.07) is 13.9. The van der Waals surface area contributed by atoms with Crippen LogP contribution < -0.4 is 15.5 Å². The van der Waals surface area contributed by atoms with E-state index in [1.165, 1.54) is 12.8 Å². The van der Waals surface area contributed by atoms with Crippen LogP contribution in [0.25, 0.3) is 11.0 Å². The van der Waals surface area contributed by atoms with Crippen molar-refractivity contribution >= 4 is 34.5 Å². The first-order chi connectivity index (χ1) is 18.4. The molecule has 0 spiro atoms. The number of amides is 2. The molecule has 0 saturated heterocycles. The highest BCUT2D eigenvalue weighted by molar-refractivity contribution is 6.04. The minimum atomic E-state index is -0.847. The van der Waals surface area contributed by atoms with Crippen molar-refractivity contribution in [2.45, 2.75) is 51.3 Å². The van der Waals surface area contributed by atoms with Crippen LogP contribution in [-0.4, -0.2) is 58.0 Å². The smallest absolute Gasteiger partial charge is 0.257 e. The van der Waals surface area contributed by atoms with Gasteiger partial charge in [-0.3, -0.25) is 20.2 Å². The Bertz CT molecular complexity index is 1310. The summed E-state index contributed by atoms with van der Waals surface area (Å²) in [4.78, 5) is 32.2. The van der Waals surface area contributed by atoms with Crippen LogP contribution in [0, 0.1) is 17.2 Å². The van der Waals surface area contributed by atoms with E-state index in [0.29, 0.717) is 47.9 Å². The molecule has 1 heterocycles. The maximum absolute atomic E-state index is 13.0. The monoisotopic (exact) mass is 518 g/mol. The fourth-order valence-electron chi connectivity index (χ4n) is 4.85. The van der Waals surface area contributed by atoms with Crippen molar-refractivity contribution in [1.82, 2.24) is 14.9 Å². The van der Waals surface area contributed by atoms with Gasteiger partial charge in [-0.1, -0.05) is 12.8 Å². The van der Waals surface area contributed by atoms with E-state index in [4.69, 9.17) is 10.4 Å². The van der Waals surface area contributed by atoms with Gasteiger partial charge < -0.3 is 19.7 Å². The zero-order valence-corrected chi connectivity index (χ0v) is 21.6. The topological polar surface area (TPSA) is 144 Å². The third-order valence-electron chi connectivity index (χ3n) is 7.05. The minimum Gasteiger partial charge on any atom is -0.395 e. The highest BCUT2D eigenvalue weighted by Gasteiger charge is 2.22. The van der Waals surface area contributed by atoms with Crippen LogP contribution in [-0.2, 0) is 11.3 Å². The molecule has 10 heteroatoms. The zero-order valence-electron chi connectivity index (χ0n) is 21.6. The molecule has 1 fully saturated rings. The molecule has 0 bridgehead atoms. The number of aryl methyl sites for hydroxylation is 1. The molecular formula is C28H34N6O4. The van der Waals surface area contributed by atoms with Crippen LogP contribution >= 0.6 is 0 Å². The number of benzene rings is 2. The minimum absolute atomic E-state index is 0.0723. The average Bonchev–Trinajstić information content (AvgIpc) is 3.57. The van der Waals surface area contributed by atoms with Gasteiger partial charge in [-0.2, -0.15) is 5.26 Å². The van der Waals surface area contributed by atoms with Gasteiger partial charge in [-0.15, -0.1) is 0 Å². The summed E-state index contributed by atoms with van der Waals surface area (Å²) in [7, 11) is 1.77. The summed E-state index contributed by atoms with van der Waals surface area (Å²) in [6.07, 6.45) is 4.58. The lowest BCUT2D eigenvalue weighted by Gasteiger charge is -2.19. The van der Waals surface area contributed by atoms with Crippen LogP contribution in [0.4, 0.5) is 11.6 Å². The number of nitrogens with zero attached hydrogens (tertiary/aromatic N) is 4.